The molecule has 1 saturated heterocycles. The fourth-order valence-electron chi connectivity index (χ4n) is 0.808. The molecule has 1 heterocycles. The summed E-state index contributed by atoms with van der Waals surface area (Å²) in [5, 5.41) is 35.4. The van der Waals surface area contributed by atoms with Gasteiger partial charge in [0.05, 0.1) is 13.2 Å². The lowest BCUT2D eigenvalue weighted by Crippen LogP contribution is -2.42. The first-order valence-corrected chi connectivity index (χ1v) is 3.43. The van der Waals surface area contributed by atoms with Crippen LogP contribution in [0.15, 0.2) is 0 Å². The standard InChI is InChI=1S/C6H12O5/c7-1-3(8)5(9)6(10)4-2-11-4/h3-10H,1-2H2/t3-,4+,5+,6-/m1/s1. The highest BCUT2D eigenvalue weighted by Gasteiger charge is 2.38. The molecule has 4 atom stereocenters. The molecule has 5 heteroatoms. The zero-order chi connectivity index (χ0) is 8.43. The summed E-state index contributed by atoms with van der Waals surface area (Å²) in [5.74, 6) is 0. The lowest BCUT2D eigenvalue weighted by Gasteiger charge is -2.19. The molecule has 0 radical (unpaired) electrons. The van der Waals surface area contributed by atoms with E-state index in [1.165, 1.54) is 0 Å². The molecule has 66 valence electrons. The zero-order valence-corrected chi connectivity index (χ0v) is 5.92. The third-order valence-electron chi connectivity index (χ3n) is 1.67. The molecule has 1 aliphatic rings. The van der Waals surface area contributed by atoms with Crippen LogP contribution in [0.5, 0.6) is 0 Å². The van der Waals surface area contributed by atoms with Gasteiger partial charge in [0, 0.05) is 0 Å². The summed E-state index contributed by atoms with van der Waals surface area (Å²) in [7, 11) is 0. The van der Waals surface area contributed by atoms with Crippen molar-refractivity contribution in [3.05, 3.63) is 0 Å². The minimum Gasteiger partial charge on any atom is -0.394 e. The van der Waals surface area contributed by atoms with Gasteiger partial charge in [-0.25, -0.2) is 0 Å². The first-order chi connectivity index (χ1) is 5.16. The first-order valence-electron chi connectivity index (χ1n) is 3.43. The maximum atomic E-state index is 9.11. The highest BCUT2D eigenvalue weighted by Crippen LogP contribution is 2.17. The SMILES string of the molecule is OC[C@@H](O)[C@H](O)[C@H](O)[C@@H]1CO1. The van der Waals surface area contributed by atoms with Crippen LogP contribution in [0, 0.1) is 0 Å². The van der Waals surface area contributed by atoms with Crippen LogP contribution in [0.4, 0.5) is 0 Å². The number of ether oxygens (including phenoxy) is 1. The van der Waals surface area contributed by atoms with E-state index >= 15 is 0 Å². The Labute approximate surface area is 63.8 Å². The van der Waals surface area contributed by atoms with Crippen molar-refractivity contribution in [2.45, 2.75) is 24.4 Å². The van der Waals surface area contributed by atoms with Gasteiger partial charge in [-0.2, -0.15) is 0 Å². The predicted molar refractivity (Wildman–Crippen MR) is 34.8 cm³/mol. The second-order valence-corrected chi connectivity index (χ2v) is 2.60. The van der Waals surface area contributed by atoms with E-state index in [0.29, 0.717) is 6.61 Å². The Kier molecular flexibility index (Phi) is 2.80. The van der Waals surface area contributed by atoms with Crippen LogP contribution in [-0.4, -0.2) is 58.1 Å². The van der Waals surface area contributed by atoms with Crippen molar-refractivity contribution in [2.75, 3.05) is 13.2 Å². The Hall–Kier alpha value is -0.200. The van der Waals surface area contributed by atoms with Crippen molar-refractivity contribution in [1.82, 2.24) is 0 Å². The number of hydrogen-bond acceptors (Lipinski definition) is 5. The summed E-state index contributed by atoms with van der Waals surface area (Å²) < 4.78 is 4.68. The van der Waals surface area contributed by atoms with Crippen molar-refractivity contribution in [1.29, 1.82) is 0 Å². The molecule has 1 fully saturated rings. The lowest BCUT2D eigenvalue weighted by atomic mass is 10.1. The van der Waals surface area contributed by atoms with Gasteiger partial charge in [0.25, 0.3) is 0 Å². The Morgan fingerprint density at radius 2 is 1.91 bits per heavy atom. The summed E-state index contributed by atoms with van der Waals surface area (Å²) in [6, 6.07) is 0. The molecule has 0 saturated carbocycles. The van der Waals surface area contributed by atoms with Gasteiger partial charge < -0.3 is 25.2 Å². The Bertz CT molecular complexity index is 124. The van der Waals surface area contributed by atoms with E-state index in [1.807, 2.05) is 0 Å². The van der Waals surface area contributed by atoms with Crippen molar-refractivity contribution < 1.29 is 25.2 Å². The molecule has 0 aromatic rings. The summed E-state index contributed by atoms with van der Waals surface area (Å²) >= 11 is 0. The number of epoxide rings is 1. The average Bonchev–Trinajstić information content (AvgIpc) is 2.82. The molecule has 4 N–H and O–H groups in total. The highest BCUT2D eigenvalue weighted by atomic mass is 16.6. The van der Waals surface area contributed by atoms with Gasteiger partial charge in [-0.15, -0.1) is 0 Å². The monoisotopic (exact) mass is 164 g/mol. The van der Waals surface area contributed by atoms with Crippen LogP contribution in [-0.2, 0) is 4.74 Å². The van der Waals surface area contributed by atoms with Gasteiger partial charge >= 0.3 is 0 Å². The van der Waals surface area contributed by atoms with E-state index in [9.17, 15) is 0 Å². The van der Waals surface area contributed by atoms with Crippen LogP contribution in [0.3, 0.4) is 0 Å². The number of aliphatic hydroxyl groups is 4. The largest absolute Gasteiger partial charge is 0.394 e. The molecular formula is C6H12O5. The van der Waals surface area contributed by atoms with E-state index in [1.54, 1.807) is 0 Å². The molecule has 0 unspecified atom stereocenters. The molecule has 0 aromatic carbocycles. The summed E-state index contributed by atoms with van der Waals surface area (Å²) in [4.78, 5) is 0. The molecule has 0 aromatic heterocycles. The maximum Gasteiger partial charge on any atom is 0.111 e. The predicted octanol–water partition coefficient (Wildman–Crippen LogP) is -2.54. The molecular weight excluding hydrogens is 152 g/mol. The average molecular weight is 164 g/mol. The van der Waals surface area contributed by atoms with E-state index in [0.717, 1.165) is 0 Å². The molecule has 11 heavy (non-hydrogen) atoms. The van der Waals surface area contributed by atoms with E-state index in [4.69, 9.17) is 20.4 Å². The van der Waals surface area contributed by atoms with Crippen molar-refractivity contribution in [3.63, 3.8) is 0 Å². The minimum absolute atomic E-state index is 0.383. The summed E-state index contributed by atoms with van der Waals surface area (Å²) in [6.45, 7) is -0.165. The molecule has 1 aliphatic heterocycles. The highest BCUT2D eigenvalue weighted by molar-refractivity contribution is 4.87. The van der Waals surface area contributed by atoms with Gasteiger partial charge in [0.15, 0.2) is 0 Å². The third kappa shape index (κ3) is 2.11. The number of rotatable bonds is 4. The quantitative estimate of drug-likeness (QED) is 0.343. The molecule has 0 amide bonds. The van der Waals surface area contributed by atoms with Gasteiger partial charge in [0.2, 0.25) is 0 Å². The fourth-order valence-corrected chi connectivity index (χ4v) is 0.808. The minimum atomic E-state index is -1.33. The molecule has 1 rings (SSSR count). The maximum absolute atomic E-state index is 9.11. The smallest absolute Gasteiger partial charge is 0.111 e. The first kappa shape index (κ1) is 8.89. The molecule has 0 aliphatic carbocycles. The van der Waals surface area contributed by atoms with Gasteiger partial charge in [-0.1, -0.05) is 0 Å². The van der Waals surface area contributed by atoms with E-state index < -0.39 is 24.9 Å². The Morgan fingerprint density at radius 1 is 1.36 bits per heavy atom. The Morgan fingerprint density at radius 3 is 2.27 bits per heavy atom. The lowest BCUT2D eigenvalue weighted by molar-refractivity contribution is -0.0831. The van der Waals surface area contributed by atoms with Crippen LogP contribution in [0.1, 0.15) is 0 Å². The fraction of sp³-hybridized carbons (Fsp3) is 1.00. The van der Waals surface area contributed by atoms with Crippen LogP contribution in [0.25, 0.3) is 0 Å². The normalized spacial score (nSPS) is 31.1. The second-order valence-electron chi connectivity index (χ2n) is 2.60. The van der Waals surface area contributed by atoms with Gasteiger partial charge in [-0.05, 0) is 0 Å². The number of hydrogen-bond donors (Lipinski definition) is 4. The zero-order valence-electron chi connectivity index (χ0n) is 5.92. The van der Waals surface area contributed by atoms with Crippen molar-refractivity contribution in [2.24, 2.45) is 0 Å². The Balaban J connectivity index is 2.31. The van der Waals surface area contributed by atoms with E-state index in [-0.39, 0.29) is 6.10 Å². The third-order valence-corrected chi connectivity index (χ3v) is 1.67. The molecule has 0 bridgehead atoms. The topological polar surface area (TPSA) is 93.5 Å². The van der Waals surface area contributed by atoms with Crippen LogP contribution in [0.2, 0.25) is 0 Å². The van der Waals surface area contributed by atoms with E-state index in [2.05, 4.69) is 4.74 Å². The van der Waals surface area contributed by atoms with Crippen molar-refractivity contribution in [3.8, 4) is 0 Å². The van der Waals surface area contributed by atoms with Gasteiger partial charge in [-0.3, -0.25) is 0 Å². The van der Waals surface area contributed by atoms with Crippen LogP contribution < -0.4 is 0 Å². The van der Waals surface area contributed by atoms with Crippen LogP contribution >= 0.6 is 0 Å². The number of aliphatic hydroxyl groups excluding tert-OH is 4. The van der Waals surface area contributed by atoms with Crippen molar-refractivity contribution >= 4 is 0 Å². The van der Waals surface area contributed by atoms with Gasteiger partial charge in [0.1, 0.15) is 24.4 Å². The summed E-state index contributed by atoms with van der Waals surface area (Å²) in [6.07, 6.45) is -4.11. The summed E-state index contributed by atoms with van der Waals surface area (Å²) in [5.41, 5.74) is 0. The molecule has 0 spiro atoms. The molecule has 5 nitrogen and oxygen atoms in total. The second kappa shape index (κ2) is 3.46.